The number of benzene rings is 3. The maximum atomic E-state index is 13.5. The van der Waals surface area contributed by atoms with Crippen molar-refractivity contribution in [2.75, 3.05) is 38.1 Å². The maximum absolute atomic E-state index is 13.5. The molecule has 3 aromatic rings. The quantitative estimate of drug-likeness (QED) is 0.465. The number of hydrogen-bond donors (Lipinski definition) is 1. The van der Waals surface area contributed by atoms with Crippen LogP contribution in [-0.4, -0.2) is 45.1 Å². The number of aryl methyl sites for hydroxylation is 1. The van der Waals surface area contributed by atoms with E-state index in [0.717, 1.165) is 11.3 Å². The van der Waals surface area contributed by atoms with Crippen LogP contribution in [0.3, 0.4) is 0 Å². The first kappa shape index (κ1) is 24.9. The summed E-state index contributed by atoms with van der Waals surface area (Å²) >= 11 is 0. The number of amides is 1. The fourth-order valence-corrected chi connectivity index (χ4v) is 4.40. The molecule has 0 bridgehead atoms. The van der Waals surface area contributed by atoms with Gasteiger partial charge in [0.2, 0.25) is 0 Å². The Morgan fingerprint density at radius 3 is 2.11 bits per heavy atom. The number of hydrogen-bond acceptors (Lipinski definition) is 6. The summed E-state index contributed by atoms with van der Waals surface area (Å²) in [6, 6.07) is 21.5. The van der Waals surface area contributed by atoms with Gasteiger partial charge in [0.1, 0.15) is 11.5 Å². The fraction of sp³-hybridized carbons (Fsp3) is 0.241. The highest BCUT2D eigenvalue weighted by Crippen LogP contribution is 2.43. The molecule has 3 aromatic carbocycles. The van der Waals surface area contributed by atoms with Crippen molar-refractivity contribution in [2.24, 2.45) is 0 Å². The zero-order valence-corrected chi connectivity index (χ0v) is 20.9. The molecule has 186 valence electrons. The number of carbonyl (C=O) groups is 2. The van der Waals surface area contributed by atoms with Crippen molar-refractivity contribution in [2.45, 2.75) is 18.9 Å². The lowest BCUT2D eigenvalue weighted by Gasteiger charge is -2.28. The highest BCUT2D eigenvalue weighted by atomic mass is 16.5. The highest BCUT2D eigenvalue weighted by molar-refractivity contribution is 6.16. The van der Waals surface area contributed by atoms with Crippen LogP contribution in [0.1, 0.15) is 23.6 Å². The Morgan fingerprint density at radius 2 is 1.56 bits per heavy atom. The zero-order chi connectivity index (χ0) is 25.8. The van der Waals surface area contributed by atoms with Gasteiger partial charge in [-0.05, 0) is 29.7 Å². The minimum Gasteiger partial charge on any atom is -0.503 e. The molecule has 0 spiro atoms. The minimum atomic E-state index is -0.797. The standard InChI is InChI=1S/C29H30N2O5/c1-30(2)21-13-11-20(12-14-21)27-26(25(32)15-10-19-8-6-5-7-9-19)28(33)29(34)31(27)22-16-23(35-3)18-24(17-22)36-4/h5-9,11-14,16-18,27,33H,10,15H2,1-4H3. The van der Waals surface area contributed by atoms with Gasteiger partial charge in [0.15, 0.2) is 11.5 Å². The van der Waals surface area contributed by atoms with Crippen LogP contribution in [0.4, 0.5) is 11.4 Å². The summed E-state index contributed by atoms with van der Waals surface area (Å²) in [5.74, 6) is -0.472. The predicted octanol–water partition coefficient (Wildman–Crippen LogP) is 4.87. The number of carbonyl (C=O) groups excluding carboxylic acids is 2. The molecular weight excluding hydrogens is 456 g/mol. The van der Waals surface area contributed by atoms with Crippen LogP contribution < -0.4 is 19.3 Å². The molecule has 0 fully saturated rings. The summed E-state index contributed by atoms with van der Waals surface area (Å²) in [6.07, 6.45) is 0.669. The summed E-state index contributed by atoms with van der Waals surface area (Å²) < 4.78 is 10.8. The van der Waals surface area contributed by atoms with E-state index in [1.807, 2.05) is 73.6 Å². The smallest absolute Gasteiger partial charge is 0.294 e. The Morgan fingerprint density at radius 1 is 0.944 bits per heavy atom. The van der Waals surface area contributed by atoms with Crippen LogP contribution in [-0.2, 0) is 16.0 Å². The highest BCUT2D eigenvalue weighted by Gasteiger charge is 2.44. The predicted molar refractivity (Wildman–Crippen MR) is 140 cm³/mol. The van der Waals surface area contributed by atoms with Gasteiger partial charge >= 0.3 is 0 Å². The van der Waals surface area contributed by atoms with Gasteiger partial charge in [-0.25, -0.2) is 0 Å². The van der Waals surface area contributed by atoms with Crippen LogP contribution in [0.15, 0.2) is 84.1 Å². The molecule has 1 heterocycles. The van der Waals surface area contributed by atoms with E-state index in [1.165, 1.54) is 19.1 Å². The molecule has 0 aromatic heterocycles. The van der Waals surface area contributed by atoms with E-state index in [4.69, 9.17) is 9.47 Å². The first-order valence-corrected chi connectivity index (χ1v) is 11.7. The van der Waals surface area contributed by atoms with E-state index in [1.54, 1.807) is 18.2 Å². The fourth-order valence-electron chi connectivity index (χ4n) is 4.40. The van der Waals surface area contributed by atoms with Gasteiger partial charge in [-0.2, -0.15) is 0 Å². The number of Topliss-reactive ketones (excluding diaryl/α,β-unsaturated/α-hetero) is 1. The molecule has 1 amide bonds. The van der Waals surface area contributed by atoms with Gasteiger partial charge in [-0.3, -0.25) is 14.5 Å². The monoisotopic (exact) mass is 486 g/mol. The summed E-state index contributed by atoms with van der Waals surface area (Å²) in [4.78, 5) is 30.3. The molecular formula is C29H30N2O5. The van der Waals surface area contributed by atoms with Crippen LogP contribution in [0.25, 0.3) is 0 Å². The average Bonchev–Trinajstić information content (AvgIpc) is 3.17. The van der Waals surface area contributed by atoms with Gasteiger partial charge in [-0.15, -0.1) is 0 Å². The van der Waals surface area contributed by atoms with Crippen molar-refractivity contribution in [3.8, 4) is 11.5 Å². The molecule has 4 rings (SSSR count). The molecule has 0 aliphatic carbocycles. The Balaban J connectivity index is 1.77. The molecule has 1 atom stereocenters. The molecule has 36 heavy (non-hydrogen) atoms. The van der Waals surface area contributed by atoms with Gasteiger partial charge in [0.05, 0.1) is 31.5 Å². The molecule has 1 aliphatic rings. The molecule has 0 radical (unpaired) electrons. The van der Waals surface area contributed by atoms with Crippen LogP contribution in [0.2, 0.25) is 0 Å². The normalized spacial score (nSPS) is 15.3. The number of aliphatic hydroxyl groups is 1. The lowest BCUT2D eigenvalue weighted by atomic mass is 9.93. The van der Waals surface area contributed by atoms with Crippen molar-refractivity contribution < 1.29 is 24.2 Å². The Hall–Kier alpha value is -4.26. The topological polar surface area (TPSA) is 79.3 Å². The van der Waals surface area contributed by atoms with E-state index < -0.39 is 17.7 Å². The Bertz CT molecular complexity index is 1260. The van der Waals surface area contributed by atoms with Crippen molar-refractivity contribution >= 4 is 23.1 Å². The molecule has 1 unspecified atom stereocenters. The second-order valence-corrected chi connectivity index (χ2v) is 8.81. The first-order chi connectivity index (χ1) is 17.3. The van der Waals surface area contributed by atoms with Crippen molar-refractivity contribution in [1.82, 2.24) is 0 Å². The average molecular weight is 487 g/mol. The van der Waals surface area contributed by atoms with Crippen molar-refractivity contribution in [3.63, 3.8) is 0 Å². The number of rotatable bonds is 9. The van der Waals surface area contributed by atoms with E-state index in [2.05, 4.69) is 0 Å². The van der Waals surface area contributed by atoms with E-state index in [-0.39, 0.29) is 17.8 Å². The number of methoxy groups -OCH3 is 2. The molecule has 1 aliphatic heterocycles. The molecule has 7 nitrogen and oxygen atoms in total. The number of aliphatic hydroxyl groups excluding tert-OH is 1. The van der Waals surface area contributed by atoms with Gasteiger partial charge in [0.25, 0.3) is 5.91 Å². The van der Waals surface area contributed by atoms with Crippen molar-refractivity contribution in [1.29, 1.82) is 0 Å². The van der Waals surface area contributed by atoms with Crippen molar-refractivity contribution in [3.05, 3.63) is 95.3 Å². The lowest BCUT2D eigenvalue weighted by Crippen LogP contribution is -2.31. The second kappa shape index (κ2) is 10.6. The van der Waals surface area contributed by atoms with E-state index in [9.17, 15) is 14.7 Å². The summed E-state index contributed by atoms with van der Waals surface area (Å²) in [6.45, 7) is 0. The summed E-state index contributed by atoms with van der Waals surface area (Å²) in [5, 5.41) is 11.0. The van der Waals surface area contributed by atoms with E-state index >= 15 is 0 Å². The lowest BCUT2D eigenvalue weighted by molar-refractivity contribution is -0.118. The maximum Gasteiger partial charge on any atom is 0.294 e. The van der Waals surface area contributed by atoms with Gasteiger partial charge in [0, 0.05) is 44.4 Å². The SMILES string of the molecule is COc1cc(OC)cc(N2C(=O)C(O)=C(C(=O)CCc3ccccc3)C2c2ccc(N(C)C)cc2)c1. The molecule has 1 N–H and O–H groups in total. The van der Waals surface area contributed by atoms with Crippen LogP contribution in [0.5, 0.6) is 11.5 Å². The van der Waals surface area contributed by atoms with E-state index in [0.29, 0.717) is 29.2 Å². The first-order valence-electron chi connectivity index (χ1n) is 11.7. The summed E-state index contributed by atoms with van der Waals surface area (Å²) in [5.41, 5.74) is 3.24. The second-order valence-electron chi connectivity index (χ2n) is 8.81. The van der Waals surface area contributed by atoms with Crippen LogP contribution in [0, 0.1) is 0 Å². The number of nitrogens with zero attached hydrogens (tertiary/aromatic N) is 2. The number of ether oxygens (including phenoxy) is 2. The number of anilines is 2. The summed E-state index contributed by atoms with van der Waals surface area (Å²) in [7, 11) is 6.92. The Kier molecular flexibility index (Phi) is 7.29. The third-order valence-corrected chi connectivity index (χ3v) is 6.33. The third kappa shape index (κ3) is 4.91. The molecule has 0 saturated heterocycles. The Labute approximate surface area is 211 Å². The third-order valence-electron chi connectivity index (χ3n) is 6.33. The zero-order valence-electron chi connectivity index (χ0n) is 20.9. The van der Waals surface area contributed by atoms with Gasteiger partial charge < -0.3 is 19.5 Å². The molecule has 7 heteroatoms. The largest absolute Gasteiger partial charge is 0.503 e. The molecule has 0 saturated carbocycles. The minimum absolute atomic E-state index is 0.0929. The number of ketones is 1. The van der Waals surface area contributed by atoms with Gasteiger partial charge in [-0.1, -0.05) is 42.5 Å². The van der Waals surface area contributed by atoms with Crippen LogP contribution >= 0.6 is 0 Å².